The lowest BCUT2D eigenvalue weighted by molar-refractivity contribution is -0.127. The molecule has 34 heavy (non-hydrogen) atoms. The molecule has 2 aromatic carbocycles. The predicted octanol–water partition coefficient (Wildman–Crippen LogP) is 3.91. The summed E-state index contributed by atoms with van der Waals surface area (Å²) in [6, 6.07) is 13.2. The van der Waals surface area contributed by atoms with Crippen molar-refractivity contribution in [3.8, 4) is 17.6 Å². The van der Waals surface area contributed by atoms with E-state index in [1.54, 1.807) is 18.1 Å². The molecule has 3 aromatic rings. The van der Waals surface area contributed by atoms with Crippen molar-refractivity contribution in [1.82, 2.24) is 9.88 Å². The number of methoxy groups -OCH3 is 1. The van der Waals surface area contributed by atoms with Crippen LogP contribution in [-0.2, 0) is 11.4 Å². The van der Waals surface area contributed by atoms with Crippen LogP contribution in [0.1, 0.15) is 24.0 Å². The normalized spacial score (nSPS) is 13.9. The lowest BCUT2D eigenvalue weighted by Crippen LogP contribution is -2.41. The van der Waals surface area contributed by atoms with E-state index in [2.05, 4.69) is 22.9 Å². The second-order valence-electron chi connectivity index (χ2n) is 8.01. The molecule has 1 aliphatic heterocycles. The molecule has 1 aromatic heterocycles. The highest BCUT2D eigenvalue weighted by atomic mass is 16.5. The number of rotatable bonds is 7. The number of nitriles is 1. The van der Waals surface area contributed by atoms with Gasteiger partial charge in [-0.05, 0) is 29.8 Å². The van der Waals surface area contributed by atoms with Crippen LogP contribution in [0.4, 0.5) is 11.4 Å². The van der Waals surface area contributed by atoms with Crippen LogP contribution >= 0.6 is 0 Å². The maximum atomic E-state index is 11.9. The number of aliphatic hydroxyl groups excluding tert-OH is 1. The van der Waals surface area contributed by atoms with Gasteiger partial charge in [-0.1, -0.05) is 18.7 Å². The number of hydrogen-bond donors (Lipinski definition) is 2. The van der Waals surface area contributed by atoms with Crippen molar-refractivity contribution in [2.75, 3.05) is 25.5 Å². The van der Waals surface area contributed by atoms with Crippen LogP contribution in [0.25, 0.3) is 10.9 Å². The molecule has 0 aliphatic carbocycles. The molecule has 0 unspecified atom stereocenters. The van der Waals surface area contributed by atoms with Crippen molar-refractivity contribution in [1.29, 1.82) is 5.26 Å². The SMILES string of the molecule is C=CC(=O)N1CCC(Oc2cc3c(Nc4cccc(CO)c4)c(C#N)cnc3cc2OC)CC1. The van der Waals surface area contributed by atoms with E-state index in [0.29, 0.717) is 59.6 Å². The number of ether oxygens (including phenoxy) is 2. The highest BCUT2D eigenvalue weighted by Gasteiger charge is 2.24. The Morgan fingerprint density at radius 1 is 1.32 bits per heavy atom. The number of aromatic nitrogens is 1. The highest BCUT2D eigenvalue weighted by molar-refractivity contribution is 5.97. The third-order valence-corrected chi connectivity index (χ3v) is 5.87. The molecular weight excluding hydrogens is 432 g/mol. The fraction of sp³-hybridized carbons (Fsp3) is 0.269. The first-order valence-electron chi connectivity index (χ1n) is 11.0. The molecule has 1 amide bonds. The molecule has 0 saturated carbocycles. The van der Waals surface area contributed by atoms with E-state index in [1.807, 2.05) is 30.3 Å². The second-order valence-corrected chi connectivity index (χ2v) is 8.01. The van der Waals surface area contributed by atoms with Gasteiger partial charge in [-0.25, -0.2) is 0 Å². The van der Waals surface area contributed by atoms with Gasteiger partial charge in [-0.3, -0.25) is 9.78 Å². The highest BCUT2D eigenvalue weighted by Crippen LogP contribution is 2.38. The Labute approximate surface area is 198 Å². The first kappa shape index (κ1) is 23.1. The Bertz CT molecular complexity index is 1260. The number of aliphatic hydroxyl groups is 1. The van der Waals surface area contributed by atoms with Gasteiger partial charge in [-0.15, -0.1) is 0 Å². The summed E-state index contributed by atoms with van der Waals surface area (Å²) in [5, 5.41) is 23.2. The maximum absolute atomic E-state index is 11.9. The van der Waals surface area contributed by atoms with E-state index in [9.17, 15) is 15.2 Å². The monoisotopic (exact) mass is 458 g/mol. The number of piperidine rings is 1. The Morgan fingerprint density at radius 3 is 2.79 bits per heavy atom. The number of amides is 1. The summed E-state index contributed by atoms with van der Waals surface area (Å²) < 4.78 is 11.9. The van der Waals surface area contributed by atoms with Gasteiger partial charge in [0.15, 0.2) is 11.5 Å². The second kappa shape index (κ2) is 10.2. The van der Waals surface area contributed by atoms with Crippen LogP contribution in [0.2, 0.25) is 0 Å². The van der Waals surface area contributed by atoms with Gasteiger partial charge in [-0.2, -0.15) is 5.26 Å². The first-order valence-corrected chi connectivity index (χ1v) is 11.0. The topological polar surface area (TPSA) is 108 Å². The first-order chi connectivity index (χ1) is 16.6. The third kappa shape index (κ3) is 4.80. The van der Waals surface area contributed by atoms with Gasteiger partial charge in [0.2, 0.25) is 5.91 Å². The largest absolute Gasteiger partial charge is 0.493 e. The summed E-state index contributed by atoms with van der Waals surface area (Å²) in [7, 11) is 1.57. The average Bonchev–Trinajstić information content (AvgIpc) is 2.88. The van der Waals surface area contributed by atoms with Crippen LogP contribution in [0.3, 0.4) is 0 Å². The number of fused-ring (bicyclic) bond motifs is 1. The lowest BCUT2D eigenvalue weighted by atomic mass is 10.1. The van der Waals surface area contributed by atoms with E-state index in [4.69, 9.17) is 9.47 Å². The van der Waals surface area contributed by atoms with Gasteiger partial charge >= 0.3 is 0 Å². The maximum Gasteiger partial charge on any atom is 0.245 e. The smallest absolute Gasteiger partial charge is 0.245 e. The summed E-state index contributed by atoms with van der Waals surface area (Å²) in [4.78, 5) is 18.1. The minimum atomic E-state index is -0.0792. The van der Waals surface area contributed by atoms with Gasteiger partial charge in [0.1, 0.15) is 12.2 Å². The quantitative estimate of drug-likeness (QED) is 0.517. The van der Waals surface area contributed by atoms with Crippen LogP contribution in [0.15, 0.2) is 55.3 Å². The van der Waals surface area contributed by atoms with Gasteiger partial charge in [0, 0.05) is 49.3 Å². The summed E-state index contributed by atoms with van der Waals surface area (Å²) in [6.45, 7) is 4.66. The Kier molecular flexibility index (Phi) is 6.95. The van der Waals surface area contributed by atoms with Crippen molar-refractivity contribution in [3.05, 3.63) is 66.4 Å². The van der Waals surface area contributed by atoms with Crippen molar-refractivity contribution >= 4 is 28.2 Å². The molecule has 2 N–H and O–H groups in total. The number of nitrogens with one attached hydrogen (secondary N) is 1. The zero-order chi connectivity index (χ0) is 24.1. The molecule has 0 radical (unpaired) electrons. The van der Waals surface area contributed by atoms with E-state index in [-0.39, 0.29) is 18.6 Å². The molecule has 8 nitrogen and oxygen atoms in total. The molecule has 0 spiro atoms. The molecule has 0 atom stereocenters. The Hall–Kier alpha value is -4.09. The number of pyridine rings is 1. The van der Waals surface area contributed by atoms with Crippen molar-refractivity contribution in [2.45, 2.75) is 25.6 Å². The molecule has 1 saturated heterocycles. The Balaban J connectivity index is 1.68. The number of hydrogen-bond acceptors (Lipinski definition) is 7. The fourth-order valence-electron chi connectivity index (χ4n) is 4.07. The zero-order valence-corrected chi connectivity index (χ0v) is 19.0. The average molecular weight is 459 g/mol. The van der Waals surface area contributed by atoms with Gasteiger partial charge in [0.05, 0.1) is 30.5 Å². The number of benzene rings is 2. The summed E-state index contributed by atoms with van der Waals surface area (Å²) >= 11 is 0. The van der Waals surface area contributed by atoms with E-state index < -0.39 is 0 Å². The molecule has 4 rings (SSSR count). The van der Waals surface area contributed by atoms with Crippen molar-refractivity contribution < 1.29 is 19.4 Å². The molecule has 0 bridgehead atoms. The molecule has 174 valence electrons. The minimum Gasteiger partial charge on any atom is -0.493 e. The van der Waals surface area contributed by atoms with Crippen molar-refractivity contribution in [2.24, 2.45) is 0 Å². The van der Waals surface area contributed by atoms with Crippen LogP contribution < -0.4 is 14.8 Å². The summed E-state index contributed by atoms with van der Waals surface area (Å²) in [5.74, 6) is 1.02. The standard InChI is InChI=1S/C26H26N4O4/c1-3-25(32)30-9-7-20(8-10-30)34-24-12-21-22(13-23(24)33-2)28-15-18(14-27)26(21)29-19-6-4-5-17(11-19)16-31/h3-6,11-13,15,20,31H,1,7-10,16H2,2H3,(H,28,29). The molecule has 8 heteroatoms. The molecule has 2 heterocycles. The Morgan fingerprint density at radius 2 is 2.12 bits per heavy atom. The predicted molar refractivity (Wildman–Crippen MR) is 129 cm³/mol. The van der Waals surface area contributed by atoms with Gasteiger partial charge < -0.3 is 24.8 Å². The summed E-state index contributed by atoms with van der Waals surface area (Å²) in [5.41, 5.74) is 3.13. The molecule has 1 aliphatic rings. The van der Waals surface area contributed by atoms with Crippen molar-refractivity contribution in [3.63, 3.8) is 0 Å². The summed E-state index contributed by atoms with van der Waals surface area (Å²) in [6.07, 6.45) is 4.15. The van der Waals surface area contributed by atoms with E-state index in [1.165, 1.54) is 12.3 Å². The number of nitrogens with zero attached hydrogens (tertiary/aromatic N) is 3. The zero-order valence-electron chi connectivity index (χ0n) is 19.0. The van der Waals surface area contributed by atoms with Crippen LogP contribution in [0.5, 0.6) is 11.5 Å². The minimum absolute atomic E-state index is 0.0715. The number of anilines is 2. The lowest BCUT2D eigenvalue weighted by Gasteiger charge is -2.31. The third-order valence-electron chi connectivity index (χ3n) is 5.87. The van der Waals surface area contributed by atoms with Gasteiger partial charge in [0.25, 0.3) is 0 Å². The van der Waals surface area contributed by atoms with E-state index >= 15 is 0 Å². The molecule has 1 fully saturated rings. The number of carbonyl (C=O) groups excluding carboxylic acids is 1. The molecular formula is C26H26N4O4. The van der Waals surface area contributed by atoms with Crippen LogP contribution in [-0.4, -0.2) is 47.2 Å². The van der Waals surface area contributed by atoms with Crippen LogP contribution in [0, 0.1) is 11.3 Å². The number of carbonyl (C=O) groups is 1. The number of likely N-dealkylation sites (tertiary alicyclic amines) is 1. The van der Waals surface area contributed by atoms with E-state index in [0.717, 1.165) is 11.3 Å². The fourth-order valence-corrected chi connectivity index (χ4v) is 4.07.